The number of hydrogen-bond donors (Lipinski definition) is 1. The number of amides is 1. The molecule has 1 aliphatic rings. The fourth-order valence-corrected chi connectivity index (χ4v) is 5.66. The lowest BCUT2D eigenvalue weighted by atomic mass is 9.97. The van der Waals surface area contributed by atoms with E-state index in [-0.39, 0.29) is 24.1 Å². The average Bonchev–Trinajstić information content (AvgIpc) is 3.14. The van der Waals surface area contributed by atoms with Crippen molar-refractivity contribution in [2.24, 2.45) is 0 Å². The summed E-state index contributed by atoms with van der Waals surface area (Å²) in [5.41, 5.74) is 2.11. The first-order chi connectivity index (χ1) is 14.6. The number of carbonyl (C=O) groups excluding carboxylic acids is 1. The van der Waals surface area contributed by atoms with Crippen LogP contribution in [0.2, 0.25) is 0 Å². The van der Waals surface area contributed by atoms with Gasteiger partial charge in [-0.15, -0.1) is 11.3 Å². The minimum Gasteiger partial charge on any atom is -0.348 e. The zero-order valence-electron chi connectivity index (χ0n) is 16.9. The highest BCUT2D eigenvalue weighted by Gasteiger charge is 2.21. The lowest BCUT2D eigenvalue weighted by Gasteiger charge is -2.17. The Bertz CT molecular complexity index is 1320. The van der Waals surface area contributed by atoms with Gasteiger partial charge in [0, 0.05) is 4.88 Å². The molecule has 5 rings (SSSR count). The summed E-state index contributed by atoms with van der Waals surface area (Å²) in [5.74, 6) is -0.192. The molecule has 1 N–H and O–H groups in total. The number of thiophene rings is 1. The Hall–Kier alpha value is -2.99. The first-order valence-electron chi connectivity index (χ1n) is 10.4. The maximum Gasteiger partial charge on any atom is 0.262 e. The molecule has 152 valence electrons. The highest BCUT2D eigenvalue weighted by atomic mass is 32.1. The highest BCUT2D eigenvalue weighted by molar-refractivity contribution is 7.18. The summed E-state index contributed by atoms with van der Waals surface area (Å²) in [6.45, 7) is 1.95. The molecule has 6 heteroatoms. The number of aryl methyl sites for hydroxylation is 2. The van der Waals surface area contributed by atoms with E-state index in [0.717, 1.165) is 46.0 Å². The van der Waals surface area contributed by atoms with E-state index in [4.69, 9.17) is 0 Å². The number of rotatable bonds is 4. The molecule has 1 aliphatic carbocycles. The molecule has 2 aromatic heterocycles. The van der Waals surface area contributed by atoms with Gasteiger partial charge in [0.25, 0.3) is 5.56 Å². The largest absolute Gasteiger partial charge is 0.348 e. The summed E-state index contributed by atoms with van der Waals surface area (Å²) in [7, 11) is 0. The van der Waals surface area contributed by atoms with Crippen molar-refractivity contribution in [2.75, 3.05) is 0 Å². The van der Waals surface area contributed by atoms with Crippen LogP contribution in [0, 0.1) is 0 Å². The van der Waals surface area contributed by atoms with Crippen molar-refractivity contribution >= 4 is 38.2 Å². The van der Waals surface area contributed by atoms with Crippen LogP contribution < -0.4 is 10.9 Å². The van der Waals surface area contributed by atoms with Crippen LogP contribution in [-0.4, -0.2) is 15.5 Å². The lowest BCUT2D eigenvalue weighted by molar-refractivity contribution is -0.122. The lowest BCUT2D eigenvalue weighted by Crippen LogP contribution is -2.34. The molecule has 4 aromatic rings. The Morgan fingerprint density at radius 1 is 1.17 bits per heavy atom. The monoisotopic (exact) mass is 417 g/mol. The summed E-state index contributed by atoms with van der Waals surface area (Å²) in [5, 5.41) is 6.03. The Labute approximate surface area is 178 Å². The minimum atomic E-state index is -0.192. The van der Waals surface area contributed by atoms with Gasteiger partial charge < -0.3 is 5.32 Å². The molecular formula is C24H23N3O2S. The van der Waals surface area contributed by atoms with Gasteiger partial charge in [-0.25, -0.2) is 4.98 Å². The molecule has 5 nitrogen and oxygen atoms in total. The van der Waals surface area contributed by atoms with Crippen molar-refractivity contribution < 1.29 is 4.79 Å². The van der Waals surface area contributed by atoms with Crippen molar-refractivity contribution in [1.82, 2.24) is 14.9 Å². The van der Waals surface area contributed by atoms with E-state index in [0.29, 0.717) is 5.39 Å². The molecule has 0 saturated carbocycles. The molecule has 0 fully saturated rings. The van der Waals surface area contributed by atoms with E-state index >= 15 is 0 Å². The molecule has 0 unspecified atom stereocenters. The number of carbonyl (C=O) groups is 1. The highest BCUT2D eigenvalue weighted by Crippen LogP contribution is 2.33. The first-order valence-corrected chi connectivity index (χ1v) is 11.2. The second-order valence-corrected chi connectivity index (χ2v) is 9.01. The zero-order valence-corrected chi connectivity index (χ0v) is 17.7. The number of aromatic nitrogens is 2. The number of benzene rings is 2. The van der Waals surface area contributed by atoms with E-state index < -0.39 is 0 Å². The molecule has 0 bridgehead atoms. The molecular weight excluding hydrogens is 394 g/mol. The molecule has 0 spiro atoms. The van der Waals surface area contributed by atoms with Crippen LogP contribution in [0.5, 0.6) is 0 Å². The summed E-state index contributed by atoms with van der Waals surface area (Å²) in [4.78, 5) is 32.4. The van der Waals surface area contributed by atoms with E-state index in [9.17, 15) is 9.59 Å². The van der Waals surface area contributed by atoms with Crippen LogP contribution in [0.3, 0.4) is 0 Å². The van der Waals surface area contributed by atoms with Gasteiger partial charge in [0.15, 0.2) is 0 Å². The van der Waals surface area contributed by atoms with Crippen molar-refractivity contribution in [1.29, 1.82) is 0 Å². The van der Waals surface area contributed by atoms with Crippen molar-refractivity contribution in [2.45, 2.75) is 45.2 Å². The van der Waals surface area contributed by atoms with Crippen molar-refractivity contribution in [3.8, 4) is 0 Å². The average molecular weight is 418 g/mol. The third kappa shape index (κ3) is 3.31. The molecule has 1 amide bonds. The van der Waals surface area contributed by atoms with Gasteiger partial charge in [-0.3, -0.25) is 14.2 Å². The SMILES string of the molecule is C[C@@H](NC(=O)Cn1cnc2sc3c(c2c1=O)CCCC3)c1cccc2ccccc12. The van der Waals surface area contributed by atoms with Crippen molar-refractivity contribution in [3.63, 3.8) is 0 Å². The van der Waals surface area contributed by atoms with Gasteiger partial charge in [-0.05, 0) is 54.5 Å². The summed E-state index contributed by atoms with van der Waals surface area (Å²) < 4.78 is 1.44. The predicted octanol–water partition coefficient (Wildman–Crippen LogP) is 4.37. The number of nitrogens with one attached hydrogen (secondary N) is 1. The van der Waals surface area contributed by atoms with Crippen LogP contribution in [-0.2, 0) is 24.2 Å². The summed E-state index contributed by atoms with van der Waals surface area (Å²) in [6.07, 6.45) is 5.74. The van der Waals surface area contributed by atoms with Gasteiger partial charge in [-0.2, -0.15) is 0 Å². The minimum absolute atomic E-state index is 0.0263. The van der Waals surface area contributed by atoms with Gasteiger partial charge in [0.05, 0.1) is 17.8 Å². The molecule has 2 heterocycles. The summed E-state index contributed by atoms with van der Waals surface area (Å²) in [6, 6.07) is 14.1. The normalized spacial score (nSPS) is 14.6. The smallest absolute Gasteiger partial charge is 0.262 e. The number of hydrogen-bond acceptors (Lipinski definition) is 4. The second kappa shape index (κ2) is 7.69. The van der Waals surface area contributed by atoms with Gasteiger partial charge in [0.1, 0.15) is 11.4 Å². The van der Waals surface area contributed by atoms with Crippen LogP contribution in [0.15, 0.2) is 53.6 Å². The molecule has 0 aliphatic heterocycles. The second-order valence-electron chi connectivity index (χ2n) is 7.93. The number of fused-ring (bicyclic) bond motifs is 4. The Balaban J connectivity index is 1.39. The Kier molecular flexibility index (Phi) is 4.87. The van der Waals surface area contributed by atoms with E-state index in [1.54, 1.807) is 11.3 Å². The van der Waals surface area contributed by atoms with Crippen LogP contribution >= 0.6 is 11.3 Å². The Morgan fingerprint density at radius 2 is 1.97 bits per heavy atom. The van der Waals surface area contributed by atoms with E-state index in [1.807, 2.05) is 31.2 Å². The molecule has 1 atom stereocenters. The quantitative estimate of drug-likeness (QED) is 0.536. The summed E-state index contributed by atoms with van der Waals surface area (Å²) >= 11 is 1.63. The standard InChI is InChI=1S/C24H23N3O2S/c1-15(17-11-6-8-16-7-2-3-9-18(16)17)26-21(28)13-27-14-25-23-22(24(27)29)19-10-4-5-12-20(19)30-23/h2-3,6-9,11,14-15H,4-5,10,12-13H2,1H3,(H,26,28)/t15-/m1/s1. The maximum absolute atomic E-state index is 13.1. The molecule has 0 saturated heterocycles. The van der Waals surface area contributed by atoms with Crippen LogP contribution in [0.1, 0.15) is 41.8 Å². The van der Waals surface area contributed by atoms with Crippen LogP contribution in [0.4, 0.5) is 0 Å². The fourth-order valence-electron chi connectivity index (χ4n) is 4.44. The Morgan fingerprint density at radius 3 is 2.87 bits per heavy atom. The maximum atomic E-state index is 13.1. The van der Waals surface area contributed by atoms with Crippen LogP contribution in [0.25, 0.3) is 21.0 Å². The molecule has 2 aromatic carbocycles. The molecule has 30 heavy (non-hydrogen) atoms. The van der Waals surface area contributed by atoms with E-state index in [2.05, 4.69) is 28.5 Å². The van der Waals surface area contributed by atoms with Gasteiger partial charge in [0.2, 0.25) is 5.91 Å². The van der Waals surface area contributed by atoms with Gasteiger partial charge >= 0.3 is 0 Å². The zero-order chi connectivity index (χ0) is 20.7. The third-order valence-corrected chi connectivity index (χ3v) is 7.12. The van der Waals surface area contributed by atoms with Gasteiger partial charge in [-0.1, -0.05) is 42.5 Å². The van der Waals surface area contributed by atoms with E-state index in [1.165, 1.54) is 22.2 Å². The number of nitrogens with zero attached hydrogens (tertiary/aromatic N) is 2. The topological polar surface area (TPSA) is 64.0 Å². The predicted molar refractivity (Wildman–Crippen MR) is 121 cm³/mol. The molecule has 0 radical (unpaired) electrons. The third-order valence-electron chi connectivity index (χ3n) is 5.92. The fraction of sp³-hybridized carbons (Fsp3) is 0.292. The van der Waals surface area contributed by atoms with Crippen molar-refractivity contribution in [3.05, 3.63) is 75.1 Å². The first kappa shape index (κ1) is 19.0.